The second kappa shape index (κ2) is 7.69. The fourth-order valence-corrected chi connectivity index (χ4v) is 1.96. The molecule has 0 aliphatic heterocycles. The molecule has 0 bridgehead atoms. The van der Waals surface area contributed by atoms with Gasteiger partial charge in [0.25, 0.3) is 0 Å². The lowest BCUT2D eigenvalue weighted by Crippen LogP contribution is -2.19. The lowest BCUT2D eigenvalue weighted by atomic mass is 9.94. The van der Waals surface area contributed by atoms with Crippen molar-refractivity contribution >= 4 is 5.97 Å². The third-order valence-corrected chi connectivity index (χ3v) is 3.01. The van der Waals surface area contributed by atoms with Gasteiger partial charge in [0.05, 0.1) is 19.1 Å². The van der Waals surface area contributed by atoms with Gasteiger partial charge in [-0.15, -0.1) is 6.58 Å². The molecular formula is C15H19FO3. The van der Waals surface area contributed by atoms with Gasteiger partial charge in [0.1, 0.15) is 5.82 Å². The number of methoxy groups -OCH3 is 2. The van der Waals surface area contributed by atoms with Crippen LogP contribution in [0, 0.1) is 11.7 Å². The van der Waals surface area contributed by atoms with Crippen molar-refractivity contribution in [3.8, 4) is 0 Å². The van der Waals surface area contributed by atoms with Crippen molar-refractivity contribution in [2.45, 2.75) is 18.9 Å². The molecule has 2 atom stereocenters. The molecule has 0 radical (unpaired) electrons. The van der Waals surface area contributed by atoms with Crippen LogP contribution in [-0.4, -0.2) is 20.2 Å². The molecule has 19 heavy (non-hydrogen) atoms. The Morgan fingerprint density at radius 3 is 2.47 bits per heavy atom. The normalized spacial score (nSPS) is 13.6. The van der Waals surface area contributed by atoms with Crippen molar-refractivity contribution < 1.29 is 18.7 Å². The van der Waals surface area contributed by atoms with E-state index in [1.165, 1.54) is 19.2 Å². The van der Waals surface area contributed by atoms with Crippen LogP contribution in [0.5, 0.6) is 0 Å². The lowest BCUT2D eigenvalue weighted by molar-refractivity contribution is -0.146. The molecule has 0 saturated carbocycles. The van der Waals surface area contributed by atoms with E-state index in [0.717, 1.165) is 5.56 Å². The third kappa shape index (κ3) is 4.48. The number of ether oxygens (including phenoxy) is 2. The van der Waals surface area contributed by atoms with Crippen LogP contribution in [0.4, 0.5) is 4.39 Å². The first-order valence-electron chi connectivity index (χ1n) is 6.09. The molecule has 104 valence electrons. The van der Waals surface area contributed by atoms with Crippen molar-refractivity contribution in [3.63, 3.8) is 0 Å². The molecule has 1 rings (SSSR count). The highest BCUT2D eigenvalue weighted by Gasteiger charge is 2.23. The molecular weight excluding hydrogens is 247 g/mol. The van der Waals surface area contributed by atoms with Gasteiger partial charge in [-0.25, -0.2) is 4.39 Å². The first kappa shape index (κ1) is 15.4. The van der Waals surface area contributed by atoms with Gasteiger partial charge in [-0.3, -0.25) is 4.79 Å². The number of esters is 1. The number of carbonyl (C=O) groups excluding carboxylic acids is 1. The van der Waals surface area contributed by atoms with Crippen LogP contribution in [0.2, 0.25) is 0 Å². The van der Waals surface area contributed by atoms with E-state index in [2.05, 4.69) is 6.58 Å². The Kier molecular flexibility index (Phi) is 6.22. The van der Waals surface area contributed by atoms with Gasteiger partial charge in [0.15, 0.2) is 0 Å². The minimum Gasteiger partial charge on any atom is -0.469 e. The number of hydrogen-bond donors (Lipinski definition) is 0. The van der Waals surface area contributed by atoms with Crippen LogP contribution in [0.1, 0.15) is 24.5 Å². The molecule has 0 amide bonds. The number of rotatable bonds is 7. The van der Waals surface area contributed by atoms with Crippen LogP contribution < -0.4 is 0 Å². The van der Waals surface area contributed by atoms with E-state index < -0.39 is 0 Å². The van der Waals surface area contributed by atoms with Gasteiger partial charge >= 0.3 is 5.97 Å². The summed E-state index contributed by atoms with van der Waals surface area (Å²) in [6.07, 6.45) is 2.40. The summed E-state index contributed by atoms with van der Waals surface area (Å²) in [5.41, 5.74) is 0.835. The zero-order valence-corrected chi connectivity index (χ0v) is 11.3. The molecule has 0 fully saturated rings. The molecule has 0 spiro atoms. The first-order chi connectivity index (χ1) is 9.12. The Bertz CT molecular complexity index is 414. The molecule has 0 N–H and O–H groups in total. The lowest BCUT2D eigenvalue weighted by Gasteiger charge is -2.20. The number of hydrogen-bond acceptors (Lipinski definition) is 3. The van der Waals surface area contributed by atoms with Crippen molar-refractivity contribution in [3.05, 3.63) is 48.3 Å². The predicted octanol–water partition coefficient (Wildman–Crippen LogP) is 3.27. The summed E-state index contributed by atoms with van der Waals surface area (Å²) in [7, 11) is 2.92. The van der Waals surface area contributed by atoms with Gasteiger partial charge < -0.3 is 9.47 Å². The fraction of sp³-hybridized carbons (Fsp3) is 0.400. The predicted molar refractivity (Wildman–Crippen MR) is 71.1 cm³/mol. The van der Waals surface area contributed by atoms with E-state index in [9.17, 15) is 9.18 Å². The van der Waals surface area contributed by atoms with Crippen LogP contribution >= 0.6 is 0 Å². The molecule has 0 aromatic heterocycles. The maximum absolute atomic E-state index is 12.9. The summed E-state index contributed by atoms with van der Waals surface area (Å²) in [4.78, 5) is 11.7. The second-order valence-corrected chi connectivity index (χ2v) is 4.26. The Balaban J connectivity index is 2.81. The maximum Gasteiger partial charge on any atom is 0.309 e. The van der Waals surface area contributed by atoms with E-state index in [4.69, 9.17) is 9.47 Å². The largest absolute Gasteiger partial charge is 0.469 e. The number of halogens is 1. The number of allylic oxidation sites excluding steroid dienone is 1. The highest BCUT2D eigenvalue weighted by molar-refractivity contribution is 5.72. The highest BCUT2D eigenvalue weighted by atomic mass is 19.1. The Hall–Kier alpha value is -1.68. The topological polar surface area (TPSA) is 35.5 Å². The summed E-state index contributed by atoms with van der Waals surface area (Å²) < 4.78 is 23.0. The monoisotopic (exact) mass is 266 g/mol. The quantitative estimate of drug-likeness (QED) is 0.561. The average molecular weight is 266 g/mol. The van der Waals surface area contributed by atoms with Crippen molar-refractivity contribution in [2.24, 2.45) is 5.92 Å². The molecule has 1 unspecified atom stereocenters. The summed E-state index contributed by atoms with van der Waals surface area (Å²) in [5, 5.41) is 0. The minimum atomic E-state index is -0.308. The molecule has 0 aliphatic carbocycles. The van der Waals surface area contributed by atoms with Crippen LogP contribution in [0.15, 0.2) is 36.9 Å². The zero-order chi connectivity index (χ0) is 14.3. The summed E-state index contributed by atoms with van der Waals surface area (Å²) in [6.45, 7) is 3.64. The summed E-state index contributed by atoms with van der Waals surface area (Å²) in [5.74, 6) is -0.893. The Labute approximate surface area is 113 Å². The molecule has 1 aromatic carbocycles. The van der Waals surface area contributed by atoms with Gasteiger partial charge in [-0.2, -0.15) is 0 Å². The summed E-state index contributed by atoms with van der Waals surface area (Å²) >= 11 is 0. The van der Waals surface area contributed by atoms with E-state index >= 15 is 0 Å². The second-order valence-electron chi connectivity index (χ2n) is 4.26. The Morgan fingerprint density at radius 1 is 1.37 bits per heavy atom. The molecule has 0 aliphatic rings. The van der Waals surface area contributed by atoms with Crippen molar-refractivity contribution in [1.29, 1.82) is 0 Å². The van der Waals surface area contributed by atoms with E-state index in [-0.39, 0.29) is 23.8 Å². The van der Waals surface area contributed by atoms with Crippen molar-refractivity contribution in [2.75, 3.05) is 14.2 Å². The molecule has 3 nitrogen and oxygen atoms in total. The SMILES string of the molecule is C=CC[C@@H](CC(OC)c1ccc(F)cc1)C(=O)OC. The van der Waals surface area contributed by atoms with Gasteiger partial charge in [-0.05, 0) is 30.5 Å². The van der Waals surface area contributed by atoms with Gasteiger partial charge in [0.2, 0.25) is 0 Å². The number of carbonyl (C=O) groups is 1. The highest BCUT2D eigenvalue weighted by Crippen LogP contribution is 2.27. The maximum atomic E-state index is 12.9. The van der Waals surface area contributed by atoms with Gasteiger partial charge in [0, 0.05) is 7.11 Å². The van der Waals surface area contributed by atoms with E-state index in [1.807, 2.05) is 0 Å². The van der Waals surface area contributed by atoms with Gasteiger partial charge in [-0.1, -0.05) is 18.2 Å². The fourth-order valence-electron chi connectivity index (χ4n) is 1.96. The van der Waals surface area contributed by atoms with Crippen LogP contribution in [0.3, 0.4) is 0 Å². The molecule has 0 saturated heterocycles. The molecule has 1 aromatic rings. The smallest absolute Gasteiger partial charge is 0.309 e. The van der Waals surface area contributed by atoms with Crippen LogP contribution in [0.25, 0.3) is 0 Å². The standard InChI is InChI=1S/C15H19FO3/c1-4-5-12(15(17)19-3)10-14(18-2)11-6-8-13(16)9-7-11/h4,6-9,12,14H,1,5,10H2,2-3H3/t12-,14?/m0/s1. The average Bonchev–Trinajstić information content (AvgIpc) is 2.43. The summed E-state index contributed by atoms with van der Waals surface area (Å²) in [6, 6.07) is 6.07. The molecule has 4 heteroatoms. The number of benzene rings is 1. The van der Waals surface area contributed by atoms with Crippen LogP contribution in [-0.2, 0) is 14.3 Å². The Morgan fingerprint density at radius 2 is 2.00 bits per heavy atom. The minimum absolute atomic E-state index is 0.273. The van der Waals surface area contributed by atoms with Crippen molar-refractivity contribution in [1.82, 2.24) is 0 Å². The molecule has 0 heterocycles. The zero-order valence-electron chi connectivity index (χ0n) is 11.3. The third-order valence-electron chi connectivity index (χ3n) is 3.01. The first-order valence-corrected chi connectivity index (χ1v) is 6.09. The van der Waals surface area contributed by atoms with E-state index in [0.29, 0.717) is 12.8 Å². The van der Waals surface area contributed by atoms with E-state index in [1.54, 1.807) is 25.3 Å².